The third-order valence-corrected chi connectivity index (χ3v) is 12.2. The quantitative estimate of drug-likeness (QED) is 0.0520. The van der Waals surface area contributed by atoms with E-state index in [2.05, 4.69) is 6.92 Å². The van der Waals surface area contributed by atoms with Crippen LogP contribution in [-0.2, 0) is 19.1 Å². The molecule has 1 aliphatic heterocycles. The number of fused-ring (bicyclic) bond motifs is 2. The van der Waals surface area contributed by atoms with Gasteiger partial charge in [-0.1, -0.05) is 153 Å². The molecule has 2 heterocycles. The summed E-state index contributed by atoms with van der Waals surface area (Å²) in [6, 6.07) is 9.98. The van der Waals surface area contributed by atoms with Crippen LogP contribution in [0.2, 0.25) is 0 Å². The molecule has 1 aromatic carbocycles. The van der Waals surface area contributed by atoms with E-state index in [0.717, 1.165) is 31.7 Å². The minimum absolute atomic E-state index is 0.0108. The number of unbranched alkanes of at least 4 members (excludes halogenated alkanes) is 18. The van der Waals surface area contributed by atoms with Crippen molar-refractivity contribution in [2.24, 2.45) is 5.92 Å². The molecule has 3 bridgehead atoms. The van der Waals surface area contributed by atoms with Gasteiger partial charge in [-0.25, -0.2) is 9.59 Å². The minimum atomic E-state index is -2.98. The summed E-state index contributed by atoms with van der Waals surface area (Å²) in [6.07, 6.45) is 19.6. The number of esters is 2. The average Bonchev–Trinajstić information content (AvgIpc) is 3.26. The first-order chi connectivity index (χ1) is 26.5. The Balaban J connectivity index is 1.14. The number of hydrogen-bond acceptors (Lipinski definition) is 11. The molecule has 0 radical (unpaired) electrons. The molecule has 304 valence electrons. The van der Waals surface area contributed by atoms with E-state index in [1.54, 1.807) is 18.2 Å². The first kappa shape index (κ1) is 42.6. The molecule has 7 atom stereocenters. The number of methoxy groups -OCH3 is 1. The fourth-order valence-corrected chi connectivity index (χ4v) is 9.38. The molecule has 11 nitrogen and oxygen atoms in total. The van der Waals surface area contributed by atoms with Gasteiger partial charge < -0.3 is 33.9 Å². The van der Waals surface area contributed by atoms with Gasteiger partial charge in [0.05, 0.1) is 25.0 Å². The van der Waals surface area contributed by atoms with Crippen molar-refractivity contribution >= 4 is 17.7 Å². The summed E-state index contributed by atoms with van der Waals surface area (Å²) in [6.45, 7) is 2.26. The Morgan fingerprint density at radius 3 is 1.82 bits per heavy atom. The molecule has 1 aromatic heterocycles. The van der Waals surface area contributed by atoms with Crippen LogP contribution in [0.1, 0.15) is 164 Å². The molecule has 5 rings (SSSR count). The number of rotatable bonds is 25. The molecule has 2 aromatic rings. The summed E-state index contributed by atoms with van der Waals surface area (Å²) in [4.78, 5) is 53.9. The highest BCUT2D eigenvalue weighted by atomic mass is 16.6. The summed E-state index contributed by atoms with van der Waals surface area (Å²) in [7, 11) is 1.30. The molecule has 55 heavy (non-hydrogen) atoms. The maximum absolute atomic E-state index is 14.2. The molecule has 7 unspecified atom stereocenters. The summed E-state index contributed by atoms with van der Waals surface area (Å²) < 4.78 is 22.1. The largest absolute Gasteiger partial charge is 0.496 e. The van der Waals surface area contributed by atoms with Crippen LogP contribution < -0.4 is 10.4 Å². The van der Waals surface area contributed by atoms with E-state index in [0.29, 0.717) is 6.42 Å². The van der Waals surface area contributed by atoms with Crippen LogP contribution in [0.3, 0.4) is 0 Å². The third-order valence-electron chi connectivity index (χ3n) is 12.2. The molecule has 0 spiro atoms. The van der Waals surface area contributed by atoms with Crippen molar-refractivity contribution in [3.05, 3.63) is 64.2 Å². The van der Waals surface area contributed by atoms with Gasteiger partial charge in [-0.2, -0.15) is 0 Å². The molecule has 3 aliphatic rings. The maximum atomic E-state index is 14.2. The zero-order chi connectivity index (χ0) is 39.5. The number of hydrogen-bond donors (Lipinski definition) is 3. The molecular weight excluding hydrogens is 704 g/mol. The van der Waals surface area contributed by atoms with Crippen molar-refractivity contribution < 1.29 is 48.3 Å². The second-order valence-electron chi connectivity index (χ2n) is 16.1. The van der Waals surface area contributed by atoms with E-state index in [-0.39, 0.29) is 23.5 Å². The Hall–Kier alpha value is -3.54. The predicted octanol–water partition coefficient (Wildman–Crippen LogP) is 7.50. The smallest absolute Gasteiger partial charge is 0.342 e. The average molecular weight is 767 g/mol. The van der Waals surface area contributed by atoms with E-state index in [4.69, 9.17) is 18.6 Å². The lowest BCUT2D eigenvalue weighted by Gasteiger charge is -2.51. The van der Waals surface area contributed by atoms with Crippen LogP contribution in [0, 0.1) is 5.92 Å². The second kappa shape index (κ2) is 19.6. The minimum Gasteiger partial charge on any atom is -0.496 e. The molecule has 2 aliphatic carbocycles. The number of ketones is 1. The number of benzene rings is 1. The highest BCUT2D eigenvalue weighted by molar-refractivity contribution is 6.05. The second-order valence-corrected chi connectivity index (χ2v) is 16.1. The lowest BCUT2D eigenvalue weighted by molar-refractivity contribution is -0.256. The molecule has 0 amide bonds. The van der Waals surface area contributed by atoms with Crippen LogP contribution in [0.25, 0.3) is 0 Å². The summed E-state index contributed by atoms with van der Waals surface area (Å²) >= 11 is 0. The van der Waals surface area contributed by atoms with E-state index in [9.17, 15) is 34.5 Å². The molecule has 3 fully saturated rings. The molecule has 1 saturated heterocycles. The normalized spacial score (nSPS) is 27.9. The lowest BCUT2D eigenvalue weighted by Crippen LogP contribution is -2.69. The standard InChI is InChI=1S/C44H62O11/c1-3-4-5-6-7-8-9-10-11-12-13-14-15-16-17-18-19-20-24-27-35(45)55-40-34-30-42(49)38(33-28-32(52-2)29-36(46)53-33)43(40,50)39(44(42,51)41(48)54-34)37(47)31-25-22-21-23-26-31/h21-23,25-26,28-29,34,38-40,49-51H,3-20,24,27,30H2,1-2H3. The molecular formula is C44H62O11. The summed E-state index contributed by atoms with van der Waals surface area (Å²) in [5, 5.41) is 37.2. The topological polar surface area (TPSA) is 170 Å². The Morgan fingerprint density at radius 2 is 1.29 bits per heavy atom. The molecule has 2 saturated carbocycles. The van der Waals surface area contributed by atoms with Crippen molar-refractivity contribution in [1.29, 1.82) is 0 Å². The molecule has 3 N–H and O–H groups in total. The third kappa shape index (κ3) is 9.21. The number of carbonyl (C=O) groups is 3. The van der Waals surface area contributed by atoms with Gasteiger partial charge in [-0.15, -0.1) is 0 Å². The van der Waals surface area contributed by atoms with Crippen LogP contribution in [0.5, 0.6) is 5.75 Å². The maximum Gasteiger partial charge on any atom is 0.342 e. The monoisotopic (exact) mass is 766 g/mol. The van der Waals surface area contributed by atoms with Crippen molar-refractivity contribution in [2.75, 3.05) is 7.11 Å². The summed E-state index contributed by atoms with van der Waals surface area (Å²) in [5.41, 5.74) is -9.03. The number of carbonyl (C=O) groups excluding carboxylic acids is 3. The first-order valence-electron chi connectivity index (χ1n) is 20.9. The highest BCUT2D eigenvalue weighted by Gasteiger charge is 2.89. The predicted molar refractivity (Wildman–Crippen MR) is 206 cm³/mol. The van der Waals surface area contributed by atoms with Gasteiger partial charge in [-0.05, 0) is 6.42 Å². The summed E-state index contributed by atoms with van der Waals surface area (Å²) in [5.74, 6) is -7.05. The van der Waals surface area contributed by atoms with Crippen LogP contribution in [-0.4, -0.2) is 69.2 Å². The fourth-order valence-electron chi connectivity index (χ4n) is 9.38. The number of ether oxygens (including phenoxy) is 3. The van der Waals surface area contributed by atoms with Gasteiger partial charge in [0.1, 0.15) is 28.8 Å². The van der Waals surface area contributed by atoms with E-state index < -0.39 is 70.6 Å². The van der Waals surface area contributed by atoms with E-state index in [1.165, 1.54) is 115 Å². The van der Waals surface area contributed by atoms with Crippen molar-refractivity contribution in [1.82, 2.24) is 0 Å². The van der Waals surface area contributed by atoms with Crippen LogP contribution in [0.4, 0.5) is 0 Å². The number of aliphatic hydroxyl groups is 3. The Bertz CT molecular complexity index is 1620. The van der Waals surface area contributed by atoms with Gasteiger partial charge in [0.25, 0.3) is 0 Å². The lowest BCUT2D eigenvalue weighted by atomic mass is 9.65. The number of Topliss-reactive ketones (excluding diaryl/α,β-unsaturated/α-hetero) is 1. The van der Waals surface area contributed by atoms with Crippen LogP contribution in [0.15, 0.2) is 51.7 Å². The van der Waals surface area contributed by atoms with Crippen molar-refractivity contribution in [2.45, 2.75) is 177 Å². The molecule has 11 heteroatoms. The van der Waals surface area contributed by atoms with E-state index in [1.807, 2.05) is 0 Å². The zero-order valence-electron chi connectivity index (χ0n) is 32.8. The van der Waals surface area contributed by atoms with Gasteiger partial charge in [-0.3, -0.25) is 9.59 Å². The van der Waals surface area contributed by atoms with Gasteiger partial charge in [0.15, 0.2) is 11.9 Å². The van der Waals surface area contributed by atoms with E-state index >= 15 is 0 Å². The van der Waals surface area contributed by atoms with Crippen LogP contribution >= 0.6 is 0 Å². The fraction of sp³-hybridized carbons (Fsp3) is 0.682. The van der Waals surface area contributed by atoms with Gasteiger partial charge in [0.2, 0.25) is 5.60 Å². The Kier molecular flexibility index (Phi) is 15.1. The van der Waals surface area contributed by atoms with Crippen molar-refractivity contribution in [3.63, 3.8) is 0 Å². The highest BCUT2D eigenvalue weighted by Crippen LogP contribution is 2.68. The van der Waals surface area contributed by atoms with Crippen molar-refractivity contribution in [3.8, 4) is 5.75 Å². The first-order valence-corrected chi connectivity index (χ1v) is 20.9. The zero-order valence-corrected chi connectivity index (χ0v) is 32.8. The Labute approximate surface area is 325 Å². The van der Waals surface area contributed by atoms with Gasteiger partial charge >= 0.3 is 17.6 Å². The Morgan fingerprint density at radius 1 is 0.764 bits per heavy atom. The van der Waals surface area contributed by atoms with Gasteiger partial charge in [0, 0.05) is 24.5 Å². The SMILES string of the molecule is CCCCCCCCCCCCCCCCCCCCCC(=O)OC1C2CC3(O)C(c4cc(OC)cc(=O)o4)C1(O)C(C(=O)c1ccccc1)C3(O)C(=O)O2.